The average Bonchev–Trinajstić information content (AvgIpc) is 2.17. The summed E-state index contributed by atoms with van der Waals surface area (Å²) in [7, 11) is 1.66. The van der Waals surface area contributed by atoms with Crippen LogP contribution in [0.2, 0.25) is 0 Å². The van der Waals surface area contributed by atoms with Crippen LogP contribution < -0.4 is 16.4 Å². The second-order valence-electron chi connectivity index (χ2n) is 3.53. The zero-order chi connectivity index (χ0) is 12.0. The number of nitrogens with two attached hydrogens (primary N) is 1. The molecule has 1 aromatic heterocycles. The lowest BCUT2D eigenvalue weighted by molar-refractivity contribution is 0.190. The zero-order valence-corrected chi connectivity index (χ0v) is 9.95. The summed E-state index contributed by atoms with van der Waals surface area (Å²) in [4.78, 5) is 8.16. The number of nitrogens with zero attached hydrogens (tertiary/aromatic N) is 2. The van der Waals surface area contributed by atoms with Crippen molar-refractivity contribution < 1.29 is 4.74 Å². The van der Waals surface area contributed by atoms with Crippen LogP contribution in [0.3, 0.4) is 0 Å². The smallest absolute Gasteiger partial charge is 0.223 e. The normalized spacial score (nSPS) is 12.2. The molecule has 0 saturated carbocycles. The van der Waals surface area contributed by atoms with E-state index in [1.165, 1.54) is 0 Å². The van der Waals surface area contributed by atoms with Gasteiger partial charge in [-0.2, -0.15) is 9.97 Å². The molecule has 0 aliphatic carbocycles. The topological polar surface area (TPSA) is 85.1 Å². The lowest BCUT2D eigenvalue weighted by Gasteiger charge is -2.14. The van der Waals surface area contributed by atoms with Crippen molar-refractivity contribution in [2.75, 3.05) is 36.6 Å². The van der Waals surface area contributed by atoms with Crippen LogP contribution >= 0.6 is 0 Å². The molecular formula is C10H19N5O. The van der Waals surface area contributed by atoms with Crippen LogP contribution in [0.25, 0.3) is 0 Å². The highest BCUT2D eigenvalue weighted by Crippen LogP contribution is 2.13. The zero-order valence-electron chi connectivity index (χ0n) is 9.95. The molecule has 0 bridgehead atoms. The van der Waals surface area contributed by atoms with Crippen molar-refractivity contribution in [1.82, 2.24) is 9.97 Å². The summed E-state index contributed by atoms with van der Waals surface area (Å²) in [6.07, 6.45) is 0. The van der Waals surface area contributed by atoms with Crippen molar-refractivity contribution in [3.05, 3.63) is 6.07 Å². The predicted octanol–water partition coefficient (Wildman–Crippen LogP) is 0.937. The molecule has 6 nitrogen and oxygen atoms in total. The van der Waals surface area contributed by atoms with E-state index in [9.17, 15) is 0 Å². The molecule has 0 radical (unpaired) electrons. The van der Waals surface area contributed by atoms with Crippen molar-refractivity contribution in [1.29, 1.82) is 0 Å². The van der Waals surface area contributed by atoms with Gasteiger partial charge < -0.3 is 21.1 Å². The number of nitrogens with one attached hydrogen (secondary N) is 2. The van der Waals surface area contributed by atoms with Gasteiger partial charge in [0.25, 0.3) is 0 Å². The van der Waals surface area contributed by atoms with Gasteiger partial charge in [-0.3, -0.25) is 0 Å². The molecule has 1 atom stereocenters. The van der Waals surface area contributed by atoms with Crippen molar-refractivity contribution in [3.63, 3.8) is 0 Å². The molecule has 1 rings (SSSR count). The summed E-state index contributed by atoms with van der Waals surface area (Å²) in [5, 5.41) is 6.28. The highest BCUT2D eigenvalue weighted by atomic mass is 16.5. The van der Waals surface area contributed by atoms with Gasteiger partial charge >= 0.3 is 0 Å². The van der Waals surface area contributed by atoms with E-state index in [1.54, 1.807) is 7.11 Å². The van der Waals surface area contributed by atoms with Crippen molar-refractivity contribution in [2.45, 2.75) is 19.9 Å². The Labute approximate surface area is 95.6 Å². The van der Waals surface area contributed by atoms with Gasteiger partial charge in [-0.15, -0.1) is 0 Å². The molecule has 0 saturated heterocycles. The summed E-state index contributed by atoms with van der Waals surface area (Å²) in [6, 6.07) is 2.00. The van der Waals surface area contributed by atoms with Gasteiger partial charge in [-0.25, -0.2) is 0 Å². The van der Waals surface area contributed by atoms with Crippen molar-refractivity contribution in [2.24, 2.45) is 0 Å². The largest absolute Gasteiger partial charge is 0.383 e. The number of nitrogen functional groups attached to an aromatic ring is 1. The van der Waals surface area contributed by atoms with Gasteiger partial charge in [0, 0.05) is 25.8 Å². The first kappa shape index (κ1) is 12.5. The number of anilines is 3. The van der Waals surface area contributed by atoms with Crippen LogP contribution in [-0.4, -0.2) is 36.3 Å². The number of hydrogen-bond acceptors (Lipinski definition) is 6. The standard InChI is InChI=1S/C10H19N5O/c1-4-12-8-5-9(15-10(11)14-8)13-7(2)6-16-3/h5,7H,4,6H2,1-3H3,(H4,11,12,13,14,15). The van der Waals surface area contributed by atoms with Crippen LogP contribution in [-0.2, 0) is 4.74 Å². The molecule has 4 N–H and O–H groups in total. The highest BCUT2D eigenvalue weighted by Gasteiger charge is 2.05. The Kier molecular flexibility index (Phi) is 4.78. The Morgan fingerprint density at radius 1 is 1.44 bits per heavy atom. The van der Waals surface area contributed by atoms with E-state index in [0.29, 0.717) is 12.4 Å². The molecule has 0 aromatic carbocycles. The number of ether oxygens (including phenoxy) is 1. The third kappa shape index (κ3) is 3.90. The molecule has 1 aromatic rings. The van der Waals surface area contributed by atoms with Gasteiger partial charge in [-0.1, -0.05) is 0 Å². The first-order valence-electron chi connectivity index (χ1n) is 5.29. The fourth-order valence-corrected chi connectivity index (χ4v) is 1.36. The van der Waals surface area contributed by atoms with Gasteiger partial charge in [0.2, 0.25) is 5.95 Å². The summed E-state index contributed by atoms with van der Waals surface area (Å²) < 4.78 is 5.03. The van der Waals surface area contributed by atoms with E-state index in [1.807, 2.05) is 19.9 Å². The SMILES string of the molecule is CCNc1cc(NC(C)COC)nc(N)n1. The Hall–Kier alpha value is -1.56. The average molecular weight is 225 g/mol. The summed E-state index contributed by atoms with van der Waals surface area (Å²) in [6.45, 7) is 5.41. The number of hydrogen-bond donors (Lipinski definition) is 3. The number of rotatable bonds is 6. The highest BCUT2D eigenvalue weighted by molar-refractivity contribution is 5.51. The Morgan fingerprint density at radius 3 is 2.75 bits per heavy atom. The van der Waals surface area contributed by atoms with E-state index in [0.717, 1.165) is 12.4 Å². The Bertz CT molecular complexity index is 331. The van der Waals surface area contributed by atoms with E-state index < -0.39 is 0 Å². The van der Waals surface area contributed by atoms with E-state index in [4.69, 9.17) is 10.5 Å². The minimum atomic E-state index is 0.175. The first-order valence-corrected chi connectivity index (χ1v) is 5.29. The second-order valence-corrected chi connectivity index (χ2v) is 3.53. The molecule has 0 aliphatic heterocycles. The van der Waals surface area contributed by atoms with Crippen LogP contribution in [0.4, 0.5) is 17.6 Å². The third-order valence-electron chi connectivity index (χ3n) is 1.91. The lowest BCUT2D eigenvalue weighted by Crippen LogP contribution is -2.22. The molecule has 1 unspecified atom stereocenters. The number of methoxy groups -OCH3 is 1. The summed E-state index contributed by atoms with van der Waals surface area (Å²) >= 11 is 0. The van der Waals surface area contributed by atoms with Gasteiger partial charge in [-0.05, 0) is 13.8 Å². The minimum absolute atomic E-state index is 0.175. The minimum Gasteiger partial charge on any atom is -0.383 e. The monoisotopic (exact) mass is 225 g/mol. The maximum Gasteiger partial charge on any atom is 0.223 e. The van der Waals surface area contributed by atoms with Gasteiger partial charge in [0.1, 0.15) is 11.6 Å². The third-order valence-corrected chi connectivity index (χ3v) is 1.91. The molecule has 0 aliphatic rings. The quantitative estimate of drug-likeness (QED) is 0.668. The molecule has 0 spiro atoms. The second kappa shape index (κ2) is 6.12. The van der Waals surface area contributed by atoms with Crippen LogP contribution in [0.15, 0.2) is 6.07 Å². The van der Waals surface area contributed by atoms with Crippen LogP contribution in [0.1, 0.15) is 13.8 Å². The fraction of sp³-hybridized carbons (Fsp3) is 0.600. The Morgan fingerprint density at radius 2 is 2.12 bits per heavy atom. The van der Waals surface area contributed by atoms with E-state index >= 15 is 0 Å². The molecule has 0 amide bonds. The van der Waals surface area contributed by atoms with Crippen molar-refractivity contribution in [3.8, 4) is 0 Å². The molecule has 1 heterocycles. The Balaban J connectivity index is 2.71. The lowest BCUT2D eigenvalue weighted by atomic mass is 10.3. The van der Waals surface area contributed by atoms with Crippen molar-refractivity contribution >= 4 is 17.6 Å². The predicted molar refractivity (Wildman–Crippen MR) is 65.6 cm³/mol. The molecule has 90 valence electrons. The summed E-state index contributed by atoms with van der Waals surface area (Å²) in [5.41, 5.74) is 5.61. The van der Waals surface area contributed by atoms with Crippen LogP contribution in [0, 0.1) is 0 Å². The van der Waals surface area contributed by atoms with Gasteiger partial charge in [0.15, 0.2) is 0 Å². The van der Waals surface area contributed by atoms with E-state index in [2.05, 4.69) is 20.6 Å². The first-order chi connectivity index (χ1) is 7.65. The maximum absolute atomic E-state index is 5.61. The fourth-order valence-electron chi connectivity index (χ4n) is 1.36. The maximum atomic E-state index is 5.61. The molecule has 6 heteroatoms. The molecule has 0 fully saturated rings. The molecule has 16 heavy (non-hydrogen) atoms. The number of aromatic nitrogens is 2. The van der Waals surface area contributed by atoms with Crippen LogP contribution in [0.5, 0.6) is 0 Å². The van der Waals surface area contributed by atoms with Gasteiger partial charge in [0.05, 0.1) is 6.61 Å². The van der Waals surface area contributed by atoms with E-state index in [-0.39, 0.29) is 12.0 Å². The molecular weight excluding hydrogens is 206 g/mol. The summed E-state index contributed by atoms with van der Waals surface area (Å²) in [5.74, 6) is 1.68.